The predicted molar refractivity (Wildman–Crippen MR) is 74.9 cm³/mol. The third kappa shape index (κ3) is 3.61. The summed E-state index contributed by atoms with van der Waals surface area (Å²) in [6.45, 7) is 0.760. The van der Waals surface area contributed by atoms with Crippen LogP contribution in [0.4, 0.5) is 5.82 Å². The molecule has 1 aromatic heterocycles. The molecule has 1 aromatic rings. The summed E-state index contributed by atoms with van der Waals surface area (Å²) in [5.74, 6) is 1.85. The summed E-state index contributed by atoms with van der Waals surface area (Å²) in [4.78, 5) is 10.5. The number of aromatic nitrogens is 1. The molecule has 0 spiro atoms. The molecule has 1 aliphatic rings. The molecule has 0 radical (unpaired) electrons. The Morgan fingerprint density at radius 1 is 1.50 bits per heavy atom. The molecule has 0 aliphatic heterocycles. The lowest BCUT2D eigenvalue weighted by atomic mass is 10.2. The molecule has 0 unspecified atom stereocenters. The summed E-state index contributed by atoms with van der Waals surface area (Å²) in [5, 5.41) is 6.68. The number of anilines is 1. The number of aliphatic imine (C=N–C) groups is 1. The van der Waals surface area contributed by atoms with Crippen LogP contribution in [0.1, 0.15) is 18.4 Å². The lowest BCUT2D eigenvalue weighted by molar-refractivity contribution is 0.804. The largest absolute Gasteiger partial charge is 0.363 e. The Kier molecular flexibility index (Phi) is 4.02. The van der Waals surface area contributed by atoms with Crippen molar-refractivity contribution in [2.75, 3.05) is 26.0 Å². The van der Waals surface area contributed by atoms with Crippen molar-refractivity contribution in [2.45, 2.75) is 25.4 Å². The van der Waals surface area contributed by atoms with Gasteiger partial charge in [-0.05, 0) is 30.5 Å². The maximum Gasteiger partial charge on any atom is 0.191 e. The van der Waals surface area contributed by atoms with Gasteiger partial charge in [0, 0.05) is 39.9 Å². The van der Waals surface area contributed by atoms with E-state index in [0.29, 0.717) is 6.04 Å². The Morgan fingerprint density at radius 2 is 2.28 bits per heavy atom. The second-order valence-electron chi connectivity index (χ2n) is 4.76. The minimum Gasteiger partial charge on any atom is -0.363 e. The second kappa shape index (κ2) is 5.71. The first kappa shape index (κ1) is 12.7. The summed E-state index contributed by atoms with van der Waals surface area (Å²) in [6, 6.07) is 4.72. The molecule has 2 N–H and O–H groups in total. The van der Waals surface area contributed by atoms with Gasteiger partial charge < -0.3 is 15.5 Å². The lowest BCUT2D eigenvalue weighted by Gasteiger charge is -2.14. The van der Waals surface area contributed by atoms with Crippen LogP contribution < -0.4 is 15.5 Å². The molecule has 0 atom stereocenters. The molecule has 1 aliphatic carbocycles. The molecule has 0 aromatic carbocycles. The van der Waals surface area contributed by atoms with Crippen molar-refractivity contribution in [3.63, 3.8) is 0 Å². The van der Waals surface area contributed by atoms with E-state index in [0.717, 1.165) is 18.3 Å². The highest BCUT2D eigenvalue weighted by molar-refractivity contribution is 5.80. The first-order chi connectivity index (χ1) is 8.69. The molecule has 1 saturated carbocycles. The number of guanidine groups is 1. The summed E-state index contributed by atoms with van der Waals surface area (Å²) in [5.41, 5.74) is 1.20. The average Bonchev–Trinajstić information content (AvgIpc) is 3.18. The lowest BCUT2D eigenvalue weighted by Crippen LogP contribution is -2.38. The van der Waals surface area contributed by atoms with E-state index in [9.17, 15) is 0 Å². The van der Waals surface area contributed by atoms with Crippen molar-refractivity contribution in [3.8, 4) is 0 Å². The van der Waals surface area contributed by atoms with E-state index in [1.807, 2.05) is 31.3 Å². The standard InChI is InChI=1S/C13H21N5/c1-14-13(17-11-4-5-11)16-9-10-6-7-15-12(8-10)18(2)3/h6-8,11H,4-5,9H2,1-3H3,(H2,14,16,17). The van der Waals surface area contributed by atoms with Crippen LogP contribution in [-0.2, 0) is 6.54 Å². The Hall–Kier alpha value is -1.78. The number of nitrogens with one attached hydrogen (secondary N) is 2. The van der Waals surface area contributed by atoms with Gasteiger partial charge >= 0.3 is 0 Å². The summed E-state index contributed by atoms with van der Waals surface area (Å²) in [6.07, 6.45) is 4.34. The highest BCUT2D eigenvalue weighted by atomic mass is 15.2. The minimum absolute atomic E-state index is 0.617. The fourth-order valence-corrected chi connectivity index (χ4v) is 1.62. The molecular weight excluding hydrogens is 226 g/mol. The molecular formula is C13H21N5. The molecule has 2 rings (SSSR count). The van der Waals surface area contributed by atoms with Crippen molar-refractivity contribution < 1.29 is 0 Å². The van der Waals surface area contributed by atoms with Crippen LogP contribution in [-0.4, -0.2) is 38.1 Å². The monoisotopic (exact) mass is 247 g/mol. The molecule has 5 nitrogen and oxygen atoms in total. The number of hydrogen-bond donors (Lipinski definition) is 2. The van der Waals surface area contributed by atoms with Gasteiger partial charge in [-0.15, -0.1) is 0 Å². The van der Waals surface area contributed by atoms with Crippen LogP contribution in [0.25, 0.3) is 0 Å². The van der Waals surface area contributed by atoms with Crippen LogP contribution in [0.2, 0.25) is 0 Å². The van der Waals surface area contributed by atoms with Crippen LogP contribution in [0.15, 0.2) is 23.3 Å². The molecule has 0 amide bonds. The van der Waals surface area contributed by atoms with Gasteiger partial charge in [0.1, 0.15) is 5.82 Å². The third-order valence-corrected chi connectivity index (χ3v) is 2.87. The van der Waals surface area contributed by atoms with E-state index >= 15 is 0 Å². The first-order valence-corrected chi connectivity index (χ1v) is 6.28. The SMILES string of the molecule is CN=C(NCc1ccnc(N(C)C)c1)NC1CC1. The van der Waals surface area contributed by atoms with Gasteiger partial charge in [0.25, 0.3) is 0 Å². The van der Waals surface area contributed by atoms with E-state index < -0.39 is 0 Å². The number of hydrogen-bond acceptors (Lipinski definition) is 3. The van der Waals surface area contributed by atoms with Crippen molar-refractivity contribution in [1.29, 1.82) is 0 Å². The predicted octanol–water partition coefficient (Wildman–Crippen LogP) is 0.975. The number of pyridine rings is 1. The second-order valence-corrected chi connectivity index (χ2v) is 4.76. The Balaban J connectivity index is 1.90. The topological polar surface area (TPSA) is 52.6 Å². The molecule has 0 saturated heterocycles. The first-order valence-electron chi connectivity index (χ1n) is 6.28. The number of nitrogens with zero attached hydrogens (tertiary/aromatic N) is 3. The third-order valence-electron chi connectivity index (χ3n) is 2.87. The summed E-state index contributed by atoms with van der Waals surface area (Å²) >= 11 is 0. The zero-order chi connectivity index (χ0) is 13.0. The number of rotatable bonds is 4. The molecule has 18 heavy (non-hydrogen) atoms. The van der Waals surface area contributed by atoms with Gasteiger partial charge in [-0.25, -0.2) is 4.98 Å². The van der Waals surface area contributed by atoms with E-state index in [-0.39, 0.29) is 0 Å². The molecule has 1 fully saturated rings. The molecule has 5 heteroatoms. The van der Waals surface area contributed by atoms with Crippen LogP contribution >= 0.6 is 0 Å². The van der Waals surface area contributed by atoms with Crippen LogP contribution in [0, 0.1) is 0 Å². The van der Waals surface area contributed by atoms with Gasteiger partial charge in [-0.1, -0.05) is 0 Å². The quantitative estimate of drug-likeness (QED) is 0.615. The average molecular weight is 247 g/mol. The Labute approximate surface area is 108 Å². The highest BCUT2D eigenvalue weighted by Crippen LogP contribution is 2.18. The molecule has 0 bridgehead atoms. The maximum absolute atomic E-state index is 4.30. The Morgan fingerprint density at radius 3 is 2.89 bits per heavy atom. The van der Waals surface area contributed by atoms with E-state index in [2.05, 4.69) is 26.7 Å². The van der Waals surface area contributed by atoms with Gasteiger partial charge in [-0.2, -0.15) is 0 Å². The smallest absolute Gasteiger partial charge is 0.191 e. The van der Waals surface area contributed by atoms with Gasteiger partial charge in [0.15, 0.2) is 5.96 Å². The van der Waals surface area contributed by atoms with Gasteiger partial charge in [0.2, 0.25) is 0 Å². The Bertz CT molecular complexity index is 423. The zero-order valence-electron chi connectivity index (χ0n) is 11.3. The maximum atomic E-state index is 4.30. The summed E-state index contributed by atoms with van der Waals surface area (Å²) < 4.78 is 0. The van der Waals surface area contributed by atoms with Crippen LogP contribution in [0.5, 0.6) is 0 Å². The molecule has 1 heterocycles. The van der Waals surface area contributed by atoms with Crippen molar-refractivity contribution >= 4 is 11.8 Å². The zero-order valence-corrected chi connectivity index (χ0v) is 11.3. The van der Waals surface area contributed by atoms with Gasteiger partial charge in [0.05, 0.1) is 0 Å². The summed E-state index contributed by atoms with van der Waals surface area (Å²) in [7, 11) is 5.79. The molecule has 98 valence electrons. The van der Waals surface area contributed by atoms with Crippen molar-refractivity contribution in [3.05, 3.63) is 23.9 Å². The van der Waals surface area contributed by atoms with E-state index in [4.69, 9.17) is 0 Å². The van der Waals surface area contributed by atoms with E-state index in [1.54, 1.807) is 7.05 Å². The fourth-order valence-electron chi connectivity index (χ4n) is 1.62. The van der Waals surface area contributed by atoms with Crippen molar-refractivity contribution in [2.24, 2.45) is 4.99 Å². The van der Waals surface area contributed by atoms with Crippen molar-refractivity contribution in [1.82, 2.24) is 15.6 Å². The van der Waals surface area contributed by atoms with Gasteiger partial charge in [-0.3, -0.25) is 4.99 Å². The van der Waals surface area contributed by atoms with E-state index in [1.165, 1.54) is 18.4 Å². The minimum atomic E-state index is 0.617. The fraction of sp³-hybridized carbons (Fsp3) is 0.538. The van der Waals surface area contributed by atoms with Crippen LogP contribution in [0.3, 0.4) is 0 Å². The normalized spacial score (nSPS) is 15.4. The highest BCUT2D eigenvalue weighted by Gasteiger charge is 2.21.